The minimum absolute atomic E-state index is 0. The van der Waals surface area contributed by atoms with Crippen LogP contribution < -0.4 is 19.7 Å². The minimum Gasteiger partial charge on any atom is -0.506 e. The molecule has 1 atom stereocenters. The van der Waals surface area contributed by atoms with Crippen molar-refractivity contribution in [3.8, 4) is 23.0 Å². The molecule has 5 rings (SSSR count). The molecule has 0 fully saturated rings. The number of benzene rings is 4. The number of fused-ring (bicyclic) bond motifs is 1. The molecule has 1 heterocycles. The fraction of sp³-hybridized carbons (Fsp3) is 0.219. The van der Waals surface area contributed by atoms with Crippen LogP contribution in [0.3, 0.4) is 0 Å². The molecular formula is C32H32CuFN9O16S4. The topological polar surface area (TPSA) is 361 Å². The molecule has 0 spiro atoms. The summed E-state index contributed by atoms with van der Waals surface area (Å²) in [7, 11) is -10.5. The Labute approximate surface area is 369 Å². The average Bonchev–Trinajstić information content (AvgIpc) is 3.19. The minimum atomic E-state index is -5.15. The van der Waals surface area contributed by atoms with E-state index < -0.39 is 93.7 Å². The first kappa shape index (κ1) is 50.0. The molecule has 6 N–H and O–H groups in total. The molecule has 0 saturated heterocycles. The van der Waals surface area contributed by atoms with E-state index in [-0.39, 0.29) is 80.6 Å². The third kappa shape index (κ3) is 13.4. The van der Waals surface area contributed by atoms with Crippen molar-refractivity contribution in [2.45, 2.75) is 9.79 Å². The van der Waals surface area contributed by atoms with Crippen LogP contribution in [0.4, 0.5) is 44.7 Å². The van der Waals surface area contributed by atoms with Gasteiger partial charge in [-0.1, -0.05) is 0 Å². The van der Waals surface area contributed by atoms with Crippen LogP contribution in [0.1, 0.15) is 0 Å². The maximum absolute atomic E-state index is 14.5. The predicted molar refractivity (Wildman–Crippen MR) is 214 cm³/mol. The van der Waals surface area contributed by atoms with Gasteiger partial charge >= 0.3 is 16.5 Å². The van der Waals surface area contributed by atoms with E-state index in [1.54, 1.807) is 0 Å². The van der Waals surface area contributed by atoms with Gasteiger partial charge in [0, 0.05) is 53.9 Å². The van der Waals surface area contributed by atoms with Crippen LogP contribution in [0, 0.1) is 6.08 Å². The monoisotopic (exact) mass is 1010 g/mol. The van der Waals surface area contributed by atoms with Gasteiger partial charge in [0.15, 0.2) is 28.3 Å². The molecule has 1 radical (unpaired) electrons. The van der Waals surface area contributed by atoms with E-state index in [0.29, 0.717) is 0 Å². The number of nitrogens with one attached hydrogen (secondary N) is 1. The van der Waals surface area contributed by atoms with Crippen molar-refractivity contribution in [1.29, 1.82) is 0 Å². The zero-order valence-electron chi connectivity index (χ0n) is 32.1. The average molecular weight is 1010 g/mol. The van der Waals surface area contributed by atoms with Crippen molar-refractivity contribution in [2.24, 2.45) is 20.5 Å². The standard InChI is InChI=1S/C32H32FN9O16S4.Cu/c1-42(8-11-59(45)57-9-10-58-62(52,53)54)32-36-30(33)35-31(37-32)34-18-4-6-20-17(12-18)13-27(61(49,50)51)28(29(20)44)41-39-22-16-26(56-3)25(55-2)15-21(22)38-40-23-14-19(60(46,47)48)5-7-24(23)43;/h4-7,12-16,43-44H,8-11H2,1-3H3,(H,46,47,48)(H,49,50,51)(H,52,53,54)(H,34,35,36,37);. The molecule has 1 aromatic heterocycles. The third-order valence-electron chi connectivity index (χ3n) is 7.90. The molecule has 0 aliphatic carbocycles. The maximum atomic E-state index is 14.5. The van der Waals surface area contributed by atoms with Crippen molar-refractivity contribution in [3.05, 3.63) is 60.7 Å². The Morgan fingerprint density at radius 3 is 2.03 bits per heavy atom. The summed E-state index contributed by atoms with van der Waals surface area (Å²) in [6.45, 7) is -1.09. The molecular weight excluding hydrogens is 977 g/mol. The first-order valence-electron chi connectivity index (χ1n) is 16.8. The molecule has 5 aromatic rings. The van der Waals surface area contributed by atoms with Crippen LogP contribution >= 0.6 is 0 Å². The first-order chi connectivity index (χ1) is 29.1. The number of phenolic OH excluding ortho intramolecular Hbond substituents is 2. The number of methoxy groups -OCH3 is 2. The Balaban J connectivity index is 0.00000871. The van der Waals surface area contributed by atoms with E-state index in [9.17, 15) is 53.2 Å². The Morgan fingerprint density at radius 2 is 1.43 bits per heavy atom. The summed E-state index contributed by atoms with van der Waals surface area (Å²) < 4.78 is 144. The first-order valence-corrected chi connectivity index (χ1v) is 22.3. The smallest absolute Gasteiger partial charge is 0.397 e. The zero-order chi connectivity index (χ0) is 45.6. The molecule has 4 aromatic carbocycles. The van der Waals surface area contributed by atoms with Gasteiger partial charge in [0.05, 0.1) is 38.1 Å². The quantitative estimate of drug-likeness (QED) is 0.0285. The number of azo groups is 2. The van der Waals surface area contributed by atoms with Gasteiger partial charge in [0.25, 0.3) is 20.2 Å². The van der Waals surface area contributed by atoms with E-state index in [4.69, 9.17) is 18.2 Å². The SMILES string of the molecule is COc1cc(N=Nc2cc(S(=O)(=O)O)ccc2O)c(N=Nc2c(S(=O)(=O)O)cc3cc(Nc4nc(F)nc(N(C)CCS(=O)OCCOS(=O)(=O)O)n4)ccc3c2O)cc1OC.[Cu]. The number of halogens is 1. The van der Waals surface area contributed by atoms with Gasteiger partial charge in [-0.15, -0.1) is 20.5 Å². The van der Waals surface area contributed by atoms with Gasteiger partial charge in [-0.05, 0) is 47.9 Å². The molecule has 0 aliphatic rings. The van der Waals surface area contributed by atoms with Crippen LogP contribution in [0.5, 0.6) is 23.0 Å². The molecule has 0 aliphatic heterocycles. The Bertz CT molecular complexity index is 2950. The van der Waals surface area contributed by atoms with Crippen LogP contribution in [0.2, 0.25) is 0 Å². The normalized spacial score (nSPS) is 12.7. The van der Waals surface area contributed by atoms with Gasteiger partial charge in [-0.2, -0.15) is 44.6 Å². The van der Waals surface area contributed by atoms with Crippen molar-refractivity contribution in [1.82, 2.24) is 15.0 Å². The Hall–Kier alpha value is -5.60. The van der Waals surface area contributed by atoms with Gasteiger partial charge in [-0.25, -0.2) is 8.39 Å². The molecule has 0 bridgehead atoms. The number of aromatic hydroxyl groups is 2. The van der Waals surface area contributed by atoms with Crippen molar-refractivity contribution < 1.29 is 92.6 Å². The van der Waals surface area contributed by atoms with Crippen molar-refractivity contribution in [3.63, 3.8) is 0 Å². The van der Waals surface area contributed by atoms with Gasteiger partial charge in [0.1, 0.15) is 33.4 Å². The number of hydrogen-bond donors (Lipinski definition) is 6. The summed E-state index contributed by atoms with van der Waals surface area (Å²) in [6.07, 6.45) is -1.23. The van der Waals surface area contributed by atoms with E-state index in [1.165, 1.54) is 56.5 Å². The summed E-state index contributed by atoms with van der Waals surface area (Å²) in [5.41, 5.74) is -1.40. The molecule has 31 heteroatoms. The number of hydrogen-bond acceptors (Lipinski definition) is 22. The van der Waals surface area contributed by atoms with Crippen molar-refractivity contribution in [2.75, 3.05) is 57.0 Å². The number of ether oxygens (including phenoxy) is 2. The van der Waals surface area contributed by atoms with Gasteiger partial charge in [0.2, 0.25) is 11.9 Å². The molecule has 63 heavy (non-hydrogen) atoms. The van der Waals surface area contributed by atoms with Crippen molar-refractivity contribution >= 4 is 92.8 Å². The van der Waals surface area contributed by atoms with Crippen LogP contribution in [-0.2, 0) is 67.2 Å². The maximum Gasteiger partial charge on any atom is 0.397 e. The summed E-state index contributed by atoms with van der Waals surface area (Å²) in [4.78, 5) is 11.1. The summed E-state index contributed by atoms with van der Waals surface area (Å²) in [6, 6.07) is 10.1. The molecule has 343 valence electrons. The molecule has 25 nitrogen and oxygen atoms in total. The third-order valence-corrected chi connectivity index (χ3v) is 11.0. The number of nitrogens with zero attached hydrogens (tertiary/aromatic N) is 8. The number of rotatable bonds is 19. The van der Waals surface area contributed by atoms with Crippen LogP contribution in [0.15, 0.2) is 84.8 Å². The van der Waals surface area contributed by atoms with Crippen LogP contribution in [-0.4, -0.2) is 115 Å². The second-order valence-electron chi connectivity index (χ2n) is 12.1. The van der Waals surface area contributed by atoms with E-state index in [2.05, 4.69) is 44.9 Å². The zero-order valence-corrected chi connectivity index (χ0v) is 36.3. The number of anilines is 3. The number of phenols is 2. The Morgan fingerprint density at radius 1 is 0.794 bits per heavy atom. The van der Waals surface area contributed by atoms with Crippen LogP contribution in [0.25, 0.3) is 10.8 Å². The molecule has 1 unspecified atom stereocenters. The van der Waals surface area contributed by atoms with E-state index in [1.807, 2.05) is 0 Å². The van der Waals surface area contributed by atoms with Gasteiger partial charge < -0.3 is 29.9 Å². The largest absolute Gasteiger partial charge is 0.506 e. The summed E-state index contributed by atoms with van der Waals surface area (Å²) in [5.74, 6) is -1.89. The van der Waals surface area contributed by atoms with E-state index in [0.717, 1.165) is 24.3 Å². The van der Waals surface area contributed by atoms with E-state index >= 15 is 0 Å². The second-order valence-corrected chi connectivity index (χ2v) is 17.2. The van der Waals surface area contributed by atoms with Gasteiger partial charge in [-0.3, -0.25) is 17.8 Å². The molecule has 0 amide bonds. The molecule has 0 saturated carbocycles. The second kappa shape index (κ2) is 20.7. The fourth-order valence-corrected chi connectivity index (χ4v) is 7.26. The predicted octanol–water partition coefficient (Wildman–Crippen LogP) is 4.59. The summed E-state index contributed by atoms with van der Waals surface area (Å²) >= 11 is -1.96. The fourth-order valence-electron chi connectivity index (χ4n) is 5.03. The summed E-state index contributed by atoms with van der Waals surface area (Å²) in [5, 5.41) is 40.0. The number of aromatic nitrogens is 3. The Kier molecular flexibility index (Phi) is 16.5.